The highest BCUT2D eigenvalue weighted by atomic mass is 15.3. The van der Waals surface area contributed by atoms with Crippen LogP contribution in [-0.2, 0) is 26.9 Å². The van der Waals surface area contributed by atoms with Gasteiger partial charge in [-0.1, -0.05) is 6.92 Å². The topological polar surface area (TPSA) is 86.6 Å². The molecule has 2 rings (SSSR count). The van der Waals surface area contributed by atoms with E-state index in [1.165, 1.54) is 0 Å². The number of nitrogens with zero attached hydrogens (tertiary/aromatic N) is 5. The van der Waals surface area contributed by atoms with Gasteiger partial charge in [0, 0.05) is 27.1 Å². The second-order valence-corrected chi connectivity index (χ2v) is 4.22. The number of rotatable bonds is 5. The number of nitrogens with two attached hydrogens (primary N) is 1. The maximum absolute atomic E-state index is 6.03. The highest BCUT2D eigenvalue weighted by Crippen LogP contribution is 2.21. The van der Waals surface area contributed by atoms with E-state index in [9.17, 15) is 0 Å². The summed E-state index contributed by atoms with van der Waals surface area (Å²) in [6.45, 7) is 2.79. The van der Waals surface area contributed by atoms with Crippen LogP contribution in [0, 0.1) is 0 Å². The Hall–Kier alpha value is -2.05. The number of aryl methyl sites for hydroxylation is 3. The summed E-state index contributed by atoms with van der Waals surface area (Å²) in [6, 6.07) is 0. The fraction of sp³-hybridized carbons (Fsp3) is 0.545. The van der Waals surface area contributed by atoms with E-state index < -0.39 is 0 Å². The van der Waals surface area contributed by atoms with E-state index in [1.807, 2.05) is 25.6 Å². The van der Waals surface area contributed by atoms with Crippen LogP contribution in [0.3, 0.4) is 0 Å². The molecule has 0 fully saturated rings. The normalized spacial score (nSPS) is 10.8. The van der Waals surface area contributed by atoms with Crippen molar-refractivity contribution in [1.82, 2.24) is 24.5 Å². The van der Waals surface area contributed by atoms with Crippen LogP contribution in [0.15, 0.2) is 6.33 Å². The highest BCUT2D eigenvalue weighted by molar-refractivity contribution is 5.64. The molecule has 0 aliphatic carbocycles. The first kappa shape index (κ1) is 12.4. The van der Waals surface area contributed by atoms with Crippen molar-refractivity contribution in [3.05, 3.63) is 17.8 Å². The zero-order valence-electron chi connectivity index (χ0n) is 11.0. The lowest BCUT2D eigenvalue weighted by Crippen LogP contribution is -2.12. The van der Waals surface area contributed by atoms with Crippen LogP contribution >= 0.6 is 0 Å². The Morgan fingerprint density at radius 1 is 1.39 bits per heavy atom. The van der Waals surface area contributed by atoms with Crippen molar-refractivity contribution < 1.29 is 0 Å². The minimum Gasteiger partial charge on any atom is -0.394 e. The molecule has 7 nitrogen and oxygen atoms in total. The maximum atomic E-state index is 6.03. The van der Waals surface area contributed by atoms with Crippen molar-refractivity contribution in [1.29, 1.82) is 0 Å². The maximum Gasteiger partial charge on any atom is 0.147 e. The summed E-state index contributed by atoms with van der Waals surface area (Å²) >= 11 is 0. The number of aromatic nitrogens is 5. The highest BCUT2D eigenvalue weighted by Gasteiger charge is 2.11. The van der Waals surface area contributed by atoms with Crippen molar-refractivity contribution in [2.45, 2.75) is 19.8 Å². The molecular weight excluding hydrogens is 230 g/mol. The van der Waals surface area contributed by atoms with Crippen LogP contribution in [0.5, 0.6) is 0 Å². The van der Waals surface area contributed by atoms with Crippen molar-refractivity contribution in [2.75, 3.05) is 17.6 Å². The lowest BCUT2D eigenvalue weighted by Gasteiger charge is -2.07. The summed E-state index contributed by atoms with van der Waals surface area (Å²) in [7, 11) is 3.82. The molecule has 0 bridgehead atoms. The Labute approximate surface area is 106 Å². The number of hydrogen-bond donors (Lipinski definition) is 2. The average Bonchev–Trinajstić information content (AvgIpc) is 2.87. The molecule has 0 aliphatic rings. The van der Waals surface area contributed by atoms with Crippen LogP contribution in [0.1, 0.15) is 18.4 Å². The van der Waals surface area contributed by atoms with Crippen LogP contribution < -0.4 is 11.1 Å². The molecule has 2 aromatic rings. The van der Waals surface area contributed by atoms with E-state index in [1.54, 1.807) is 11.0 Å². The molecule has 0 aliphatic heterocycles. The van der Waals surface area contributed by atoms with E-state index in [-0.39, 0.29) is 0 Å². The van der Waals surface area contributed by atoms with Gasteiger partial charge in [-0.3, -0.25) is 4.68 Å². The predicted octanol–water partition coefficient (Wildman–Crippen LogP) is 0.348. The third-order valence-electron chi connectivity index (χ3n) is 2.94. The summed E-state index contributed by atoms with van der Waals surface area (Å²) in [6.07, 6.45) is 3.33. The second-order valence-electron chi connectivity index (χ2n) is 4.22. The minimum absolute atomic E-state index is 0.734. The lowest BCUT2D eigenvalue weighted by atomic mass is 10.3. The third-order valence-corrected chi connectivity index (χ3v) is 2.94. The summed E-state index contributed by atoms with van der Waals surface area (Å²) < 4.78 is 3.69. The molecule has 0 spiro atoms. The van der Waals surface area contributed by atoms with Gasteiger partial charge in [0.2, 0.25) is 0 Å². The van der Waals surface area contributed by atoms with Crippen LogP contribution in [0.2, 0.25) is 0 Å². The largest absolute Gasteiger partial charge is 0.394 e. The Balaban J connectivity index is 1.98. The average molecular weight is 249 g/mol. The molecular formula is C11H19N7. The van der Waals surface area contributed by atoms with Gasteiger partial charge in [0.05, 0.1) is 11.4 Å². The lowest BCUT2D eigenvalue weighted by molar-refractivity contribution is 0.740. The number of nitrogens with one attached hydrogen (secondary N) is 1. The molecule has 0 unspecified atom stereocenters. The first-order valence-electron chi connectivity index (χ1n) is 6.01. The van der Waals surface area contributed by atoms with E-state index >= 15 is 0 Å². The number of nitrogen functional groups attached to an aromatic ring is 1. The van der Waals surface area contributed by atoms with Gasteiger partial charge in [-0.2, -0.15) is 5.10 Å². The van der Waals surface area contributed by atoms with E-state index in [0.717, 1.165) is 42.4 Å². The van der Waals surface area contributed by atoms with Crippen LogP contribution in [0.25, 0.3) is 0 Å². The monoisotopic (exact) mass is 249 g/mol. The van der Waals surface area contributed by atoms with Gasteiger partial charge in [0.1, 0.15) is 18.0 Å². The zero-order valence-corrected chi connectivity index (χ0v) is 11.0. The van der Waals surface area contributed by atoms with Gasteiger partial charge in [0.25, 0.3) is 0 Å². The fourth-order valence-corrected chi connectivity index (χ4v) is 1.89. The van der Waals surface area contributed by atoms with E-state index in [2.05, 4.69) is 20.6 Å². The van der Waals surface area contributed by atoms with Gasteiger partial charge in [-0.05, 0) is 6.42 Å². The summed E-state index contributed by atoms with van der Waals surface area (Å²) in [5.74, 6) is 1.81. The van der Waals surface area contributed by atoms with Crippen LogP contribution in [-0.4, -0.2) is 31.1 Å². The van der Waals surface area contributed by atoms with Gasteiger partial charge in [0.15, 0.2) is 0 Å². The molecule has 18 heavy (non-hydrogen) atoms. The summed E-state index contributed by atoms with van der Waals surface area (Å²) in [4.78, 5) is 0. The van der Waals surface area contributed by atoms with Crippen LogP contribution in [0.4, 0.5) is 11.5 Å². The van der Waals surface area contributed by atoms with Crippen molar-refractivity contribution in [3.8, 4) is 0 Å². The molecule has 0 aromatic carbocycles. The number of hydrogen-bond acceptors (Lipinski definition) is 5. The molecule has 0 saturated carbocycles. The van der Waals surface area contributed by atoms with Gasteiger partial charge in [-0.25, -0.2) is 0 Å². The Morgan fingerprint density at radius 3 is 2.72 bits per heavy atom. The molecule has 3 N–H and O–H groups in total. The molecule has 0 saturated heterocycles. The minimum atomic E-state index is 0.734. The molecule has 98 valence electrons. The first-order valence-corrected chi connectivity index (χ1v) is 6.01. The second kappa shape index (κ2) is 5.07. The molecule has 0 amide bonds. The molecule has 7 heteroatoms. The first-order chi connectivity index (χ1) is 8.63. The van der Waals surface area contributed by atoms with Crippen molar-refractivity contribution >= 4 is 11.5 Å². The summed E-state index contributed by atoms with van der Waals surface area (Å²) in [5, 5.41) is 15.5. The Morgan fingerprint density at radius 2 is 2.17 bits per heavy atom. The van der Waals surface area contributed by atoms with Gasteiger partial charge in [-0.15, -0.1) is 10.2 Å². The van der Waals surface area contributed by atoms with E-state index in [4.69, 9.17) is 5.73 Å². The molecule has 2 aromatic heterocycles. The Bertz CT molecular complexity index is 525. The predicted molar refractivity (Wildman–Crippen MR) is 70.2 cm³/mol. The van der Waals surface area contributed by atoms with Crippen molar-refractivity contribution in [2.24, 2.45) is 14.1 Å². The molecule has 0 atom stereocenters. The summed E-state index contributed by atoms with van der Waals surface area (Å²) in [5.41, 5.74) is 7.69. The smallest absolute Gasteiger partial charge is 0.147 e. The van der Waals surface area contributed by atoms with Gasteiger partial charge >= 0.3 is 0 Å². The number of anilines is 2. The standard InChI is InChI=1S/C11H19N7/c1-4-8-10(12)11(18(3)16-8)13-6-5-9-15-14-7-17(9)2/h7,13H,4-6,12H2,1-3H3. The SMILES string of the molecule is CCc1nn(C)c(NCCc2nncn2C)c1N. The fourth-order valence-electron chi connectivity index (χ4n) is 1.89. The van der Waals surface area contributed by atoms with E-state index in [0.29, 0.717) is 0 Å². The zero-order chi connectivity index (χ0) is 13.1. The molecule has 0 radical (unpaired) electrons. The quantitative estimate of drug-likeness (QED) is 0.798. The van der Waals surface area contributed by atoms with Gasteiger partial charge < -0.3 is 15.6 Å². The Kier molecular flexibility index (Phi) is 3.50. The van der Waals surface area contributed by atoms with Crippen molar-refractivity contribution in [3.63, 3.8) is 0 Å². The third kappa shape index (κ3) is 2.29. The molecule has 2 heterocycles.